The maximum absolute atomic E-state index is 12.6. The Kier molecular flexibility index (Phi) is 4.45. The molecule has 0 saturated carbocycles. The third-order valence-corrected chi connectivity index (χ3v) is 4.75. The molecular formula is C21H22N2O2. The van der Waals surface area contributed by atoms with Crippen LogP contribution in [-0.2, 0) is 6.54 Å². The summed E-state index contributed by atoms with van der Waals surface area (Å²) in [5, 5.41) is 3.51. The third-order valence-electron chi connectivity index (χ3n) is 4.75. The Labute approximate surface area is 147 Å². The second-order valence-electron chi connectivity index (χ2n) is 6.33. The molecule has 1 amide bonds. The summed E-state index contributed by atoms with van der Waals surface area (Å²) in [5.41, 5.74) is 5.16. The zero-order chi connectivity index (χ0) is 18.1. The molecule has 25 heavy (non-hydrogen) atoms. The van der Waals surface area contributed by atoms with E-state index < -0.39 is 0 Å². The molecule has 0 aliphatic heterocycles. The van der Waals surface area contributed by atoms with Crippen LogP contribution in [0.2, 0.25) is 0 Å². The van der Waals surface area contributed by atoms with Gasteiger partial charge in [-0.3, -0.25) is 9.59 Å². The average molecular weight is 334 g/mol. The monoisotopic (exact) mass is 334 g/mol. The molecule has 0 aliphatic carbocycles. The Morgan fingerprint density at radius 2 is 1.84 bits per heavy atom. The van der Waals surface area contributed by atoms with Crippen LogP contribution in [0, 0.1) is 20.8 Å². The first-order chi connectivity index (χ1) is 11.9. The summed E-state index contributed by atoms with van der Waals surface area (Å²) in [7, 11) is 0. The Bertz CT molecular complexity index is 1030. The van der Waals surface area contributed by atoms with E-state index in [1.165, 1.54) is 0 Å². The van der Waals surface area contributed by atoms with Gasteiger partial charge in [0.15, 0.2) is 5.43 Å². The number of fused-ring (bicyclic) bond motifs is 1. The van der Waals surface area contributed by atoms with Gasteiger partial charge in [-0.15, -0.1) is 0 Å². The van der Waals surface area contributed by atoms with Crippen molar-refractivity contribution in [2.24, 2.45) is 0 Å². The molecule has 0 aliphatic rings. The van der Waals surface area contributed by atoms with Crippen LogP contribution in [-0.4, -0.2) is 10.5 Å². The first-order valence-corrected chi connectivity index (χ1v) is 8.44. The number of amides is 1. The van der Waals surface area contributed by atoms with Gasteiger partial charge in [0, 0.05) is 34.9 Å². The highest BCUT2D eigenvalue weighted by Gasteiger charge is 2.12. The molecule has 1 aromatic heterocycles. The van der Waals surface area contributed by atoms with Crippen molar-refractivity contribution in [3.05, 3.63) is 75.1 Å². The van der Waals surface area contributed by atoms with Crippen LogP contribution in [0.15, 0.2) is 47.3 Å². The van der Waals surface area contributed by atoms with Crippen LogP contribution in [0.5, 0.6) is 0 Å². The fraction of sp³-hybridized carbons (Fsp3) is 0.238. The molecular weight excluding hydrogens is 312 g/mol. The predicted octanol–water partition coefficient (Wildman–Crippen LogP) is 4.20. The van der Waals surface area contributed by atoms with Gasteiger partial charge in [-0.1, -0.05) is 12.1 Å². The summed E-state index contributed by atoms with van der Waals surface area (Å²) in [6.45, 7) is 8.73. The van der Waals surface area contributed by atoms with Crippen molar-refractivity contribution in [3.63, 3.8) is 0 Å². The summed E-state index contributed by atoms with van der Waals surface area (Å²) in [6, 6.07) is 12.7. The molecule has 3 aromatic rings. The summed E-state index contributed by atoms with van der Waals surface area (Å²) in [4.78, 5) is 25.0. The van der Waals surface area contributed by atoms with Crippen molar-refractivity contribution in [1.82, 2.24) is 4.57 Å². The second-order valence-corrected chi connectivity index (χ2v) is 6.33. The quantitative estimate of drug-likeness (QED) is 0.780. The number of aromatic nitrogens is 1. The van der Waals surface area contributed by atoms with E-state index in [2.05, 4.69) is 9.88 Å². The van der Waals surface area contributed by atoms with Crippen LogP contribution in [0.4, 0.5) is 5.69 Å². The van der Waals surface area contributed by atoms with E-state index in [0.29, 0.717) is 10.9 Å². The molecule has 128 valence electrons. The van der Waals surface area contributed by atoms with Crippen LogP contribution < -0.4 is 10.7 Å². The topological polar surface area (TPSA) is 51.1 Å². The molecule has 0 spiro atoms. The zero-order valence-electron chi connectivity index (χ0n) is 15.0. The number of carbonyl (C=O) groups is 1. The van der Waals surface area contributed by atoms with Gasteiger partial charge in [-0.05, 0) is 63.1 Å². The zero-order valence-corrected chi connectivity index (χ0v) is 15.0. The number of hydrogen-bond donors (Lipinski definition) is 1. The summed E-state index contributed by atoms with van der Waals surface area (Å²) >= 11 is 0. The fourth-order valence-electron chi connectivity index (χ4n) is 3.15. The van der Waals surface area contributed by atoms with Crippen molar-refractivity contribution < 1.29 is 4.79 Å². The Morgan fingerprint density at radius 3 is 2.56 bits per heavy atom. The van der Waals surface area contributed by atoms with E-state index in [9.17, 15) is 9.59 Å². The number of nitrogens with zero attached hydrogens (tertiary/aromatic N) is 1. The SMILES string of the molecule is CCn1c(C)cc(=O)c2cc(C(=O)Nc3cccc(C)c3C)ccc21. The smallest absolute Gasteiger partial charge is 0.255 e. The van der Waals surface area contributed by atoms with Gasteiger partial charge < -0.3 is 9.88 Å². The van der Waals surface area contributed by atoms with Gasteiger partial charge in [0.05, 0.1) is 5.52 Å². The first-order valence-electron chi connectivity index (χ1n) is 8.44. The summed E-state index contributed by atoms with van der Waals surface area (Å²) in [5.74, 6) is -0.210. The van der Waals surface area contributed by atoms with Crippen LogP contribution in [0.3, 0.4) is 0 Å². The average Bonchev–Trinajstić information content (AvgIpc) is 2.59. The molecule has 0 unspecified atom stereocenters. The molecule has 1 heterocycles. The first kappa shape index (κ1) is 17.0. The molecule has 0 fully saturated rings. The number of hydrogen-bond acceptors (Lipinski definition) is 2. The van der Waals surface area contributed by atoms with Gasteiger partial charge >= 0.3 is 0 Å². The number of pyridine rings is 1. The van der Waals surface area contributed by atoms with E-state index in [1.807, 2.05) is 52.0 Å². The van der Waals surface area contributed by atoms with E-state index >= 15 is 0 Å². The van der Waals surface area contributed by atoms with Gasteiger partial charge in [0.1, 0.15) is 0 Å². The molecule has 2 aromatic carbocycles. The summed E-state index contributed by atoms with van der Waals surface area (Å²) in [6.07, 6.45) is 0. The van der Waals surface area contributed by atoms with Crippen molar-refractivity contribution in [2.75, 3.05) is 5.32 Å². The molecule has 0 saturated heterocycles. The van der Waals surface area contributed by atoms with Crippen molar-refractivity contribution in [2.45, 2.75) is 34.2 Å². The number of carbonyl (C=O) groups excluding carboxylic acids is 1. The molecule has 0 bridgehead atoms. The highest BCUT2D eigenvalue weighted by Crippen LogP contribution is 2.20. The Hall–Kier alpha value is -2.88. The lowest BCUT2D eigenvalue weighted by atomic mass is 10.1. The lowest BCUT2D eigenvalue weighted by Crippen LogP contribution is -2.15. The Balaban J connectivity index is 2.03. The van der Waals surface area contributed by atoms with Crippen LogP contribution in [0.1, 0.15) is 34.1 Å². The predicted molar refractivity (Wildman–Crippen MR) is 102 cm³/mol. The molecule has 3 rings (SSSR count). The number of rotatable bonds is 3. The lowest BCUT2D eigenvalue weighted by Gasteiger charge is -2.14. The number of anilines is 1. The highest BCUT2D eigenvalue weighted by atomic mass is 16.1. The van der Waals surface area contributed by atoms with Crippen LogP contribution >= 0.6 is 0 Å². The minimum atomic E-state index is -0.210. The van der Waals surface area contributed by atoms with E-state index in [1.54, 1.807) is 18.2 Å². The van der Waals surface area contributed by atoms with Crippen LogP contribution in [0.25, 0.3) is 10.9 Å². The van der Waals surface area contributed by atoms with Gasteiger partial charge in [-0.2, -0.15) is 0 Å². The lowest BCUT2D eigenvalue weighted by molar-refractivity contribution is 0.102. The van der Waals surface area contributed by atoms with E-state index in [0.717, 1.165) is 34.6 Å². The number of benzene rings is 2. The largest absolute Gasteiger partial charge is 0.345 e. The molecule has 1 N–H and O–H groups in total. The Morgan fingerprint density at radius 1 is 1.08 bits per heavy atom. The number of aryl methyl sites for hydroxylation is 3. The van der Waals surface area contributed by atoms with Crippen molar-refractivity contribution >= 4 is 22.5 Å². The van der Waals surface area contributed by atoms with Gasteiger partial charge in [0.25, 0.3) is 5.91 Å². The third kappa shape index (κ3) is 3.07. The normalized spacial score (nSPS) is 10.9. The molecule has 0 radical (unpaired) electrons. The number of nitrogens with one attached hydrogen (secondary N) is 1. The maximum Gasteiger partial charge on any atom is 0.255 e. The van der Waals surface area contributed by atoms with E-state index in [-0.39, 0.29) is 11.3 Å². The molecule has 4 heteroatoms. The standard InChI is InChI=1S/C21H22N2O2/c1-5-23-14(3)11-20(24)17-12-16(9-10-19(17)23)21(25)22-18-8-6-7-13(2)15(18)4/h6-12H,5H2,1-4H3,(H,22,25). The highest BCUT2D eigenvalue weighted by molar-refractivity contribution is 6.06. The summed E-state index contributed by atoms with van der Waals surface area (Å²) < 4.78 is 2.07. The van der Waals surface area contributed by atoms with E-state index in [4.69, 9.17) is 0 Å². The fourth-order valence-corrected chi connectivity index (χ4v) is 3.15. The van der Waals surface area contributed by atoms with Gasteiger partial charge in [-0.25, -0.2) is 0 Å². The maximum atomic E-state index is 12.6. The minimum absolute atomic E-state index is 0.0569. The van der Waals surface area contributed by atoms with Crippen molar-refractivity contribution in [3.8, 4) is 0 Å². The van der Waals surface area contributed by atoms with Gasteiger partial charge in [0.2, 0.25) is 0 Å². The minimum Gasteiger partial charge on any atom is -0.345 e. The second kappa shape index (κ2) is 6.55. The molecule has 0 atom stereocenters. The molecule has 4 nitrogen and oxygen atoms in total. The van der Waals surface area contributed by atoms with Crippen molar-refractivity contribution in [1.29, 1.82) is 0 Å².